The van der Waals surface area contributed by atoms with Crippen LogP contribution in [0.4, 0.5) is 5.82 Å². The van der Waals surface area contributed by atoms with Crippen LogP contribution in [0.1, 0.15) is 27.2 Å². The Labute approximate surface area is 110 Å². The van der Waals surface area contributed by atoms with Crippen molar-refractivity contribution in [2.75, 3.05) is 11.9 Å². The van der Waals surface area contributed by atoms with Crippen LogP contribution in [0, 0.1) is 5.41 Å². The van der Waals surface area contributed by atoms with Crippen molar-refractivity contribution in [2.24, 2.45) is 5.41 Å². The molecule has 0 saturated heterocycles. The normalized spacial score (nSPS) is 13.7. The van der Waals surface area contributed by atoms with Crippen molar-refractivity contribution >= 4 is 11.5 Å². The Kier molecular flexibility index (Phi) is 3.57. The van der Waals surface area contributed by atoms with Crippen LogP contribution in [-0.4, -0.2) is 37.6 Å². The van der Waals surface area contributed by atoms with E-state index in [9.17, 15) is 4.79 Å². The number of rotatable bonds is 4. The third-order valence-electron chi connectivity index (χ3n) is 3.06. The molecule has 2 aromatic heterocycles. The fraction of sp³-hybridized carbons (Fsp3) is 0.583. The fourth-order valence-electron chi connectivity index (χ4n) is 1.91. The minimum atomic E-state index is -0.367. The highest BCUT2D eigenvalue weighted by Crippen LogP contribution is 2.24. The molecule has 0 fully saturated rings. The molecule has 7 heteroatoms. The monoisotopic (exact) mass is 265 g/mol. The van der Waals surface area contributed by atoms with Crippen LogP contribution in [0.25, 0.3) is 5.65 Å². The third kappa shape index (κ3) is 2.93. The van der Waals surface area contributed by atoms with Gasteiger partial charge in [0, 0.05) is 12.6 Å². The largest absolute Gasteiger partial charge is 0.396 e. The minimum absolute atomic E-state index is 0.0271. The van der Waals surface area contributed by atoms with E-state index < -0.39 is 0 Å². The molecule has 1 atom stereocenters. The quantitative estimate of drug-likeness (QED) is 0.753. The second kappa shape index (κ2) is 5.00. The first kappa shape index (κ1) is 13.5. The summed E-state index contributed by atoms with van der Waals surface area (Å²) in [7, 11) is 0. The first-order valence-electron chi connectivity index (χ1n) is 6.23. The first-order valence-corrected chi connectivity index (χ1v) is 6.23. The van der Waals surface area contributed by atoms with Crippen LogP contribution in [-0.2, 0) is 0 Å². The molecule has 1 unspecified atom stereocenters. The van der Waals surface area contributed by atoms with Crippen LogP contribution in [0.15, 0.2) is 16.9 Å². The summed E-state index contributed by atoms with van der Waals surface area (Å²) in [6.45, 7) is 6.36. The Balaban J connectivity index is 2.28. The summed E-state index contributed by atoms with van der Waals surface area (Å²) in [5.74, 6) is 0.587. The summed E-state index contributed by atoms with van der Waals surface area (Å²) in [6, 6.07) is 3.54. The average Bonchev–Trinajstić information content (AvgIpc) is 2.69. The SMILES string of the molecule is CC(C)(C)C(CCO)Nc1ccc2n[nH]c(=O)n2n1. The van der Waals surface area contributed by atoms with Gasteiger partial charge in [-0.15, -0.1) is 5.10 Å². The van der Waals surface area contributed by atoms with E-state index in [4.69, 9.17) is 5.11 Å². The second-order valence-corrected chi connectivity index (χ2v) is 5.59. The Morgan fingerprint density at radius 2 is 2.21 bits per heavy atom. The van der Waals surface area contributed by atoms with Gasteiger partial charge in [0.2, 0.25) is 0 Å². The van der Waals surface area contributed by atoms with Crippen molar-refractivity contribution in [3.05, 3.63) is 22.6 Å². The molecule has 3 N–H and O–H groups in total. The first-order chi connectivity index (χ1) is 8.91. The van der Waals surface area contributed by atoms with E-state index in [1.54, 1.807) is 12.1 Å². The Hall–Kier alpha value is -1.89. The summed E-state index contributed by atoms with van der Waals surface area (Å²) >= 11 is 0. The lowest BCUT2D eigenvalue weighted by Gasteiger charge is -2.31. The molecular formula is C12H19N5O2. The molecule has 19 heavy (non-hydrogen) atoms. The van der Waals surface area contributed by atoms with Gasteiger partial charge >= 0.3 is 5.69 Å². The highest BCUT2D eigenvalue weighted by molar-refractivity contribution is 5.43. The van der Waals surface area contributed by atoms with Crippen molar-refractivity contribution in [2.45, 2.75) is 33.2 Å². The molecule has 2 rings (SSSR count). The van der Waals surface area contributed by atoms with E-state index in [0.717, 1.165) is 0 Å². The van der Waals surface area contributed by atoms with Crippen molar-refractivity contribution in [1.82, 2.24) is 19.8 Å². The van der Waals surface area contributed by atoms with Gasteiger partial charge in [0.05, 0.1) is 0 Å². The third-order valence-corrected chi connectivity index (χ3v) is 3.06. The molecule has 0 bridgehead atoms. The van der Waals surface area contributed by atoms with Crippen LogP contribution >= 0.6 is 0 Å². The summed E-state index contributed by atoms with van der Waals surface area (Å²) in [6.07, 6.45) is 0.615. The van der Waals surface area contributed by atoms with Gasteiger partial charge < -0.3 is 10.4 Å². The van der Waals surface area contributed by atoms with E-state index in [2.05, 4.69) is 41.4 Å². The summed E-state index contributed by atoms with van der Waals surface area (Å²) in [4.78, 5) is 11.5. The molecule has 7 nitrogen and oxygen atoms in total. The summed E-state index contributed by atoms with van der Waals surface area (Å²) < 4.78 is 1.21. The van der Waals surface area contributed by atoms with Crippen molar-refractivity contribution in [1.29, 1.82) is 0 Å². The fourth-order valence-corrected chi connectivity index (χ4v) is 1.91. The van der Waals surface area contributed by atoms with Gasteiger partial charge in [0.1, 0.15) is 5.82 Å². The minimum Gasteiger partial charge on any atom is -0.396 e. The predicted molar refractivity (Wildman–Crippen MR) is 72.2 cm³/mol. The average molecular weight is 265 g/mol. The van der Waals surface area contributed by atoms with Crippen LogP contribution in [0.5, 0.6) is 0 Å². The van der Waals surface area contributed by atoms with Crippen molar-refractivity contribution in [3.63, 3.8) is 0 Å². The number of aliphatic hydroxyl groups is 1. The van der Waals surface area contributed by atoms with E-state index in [1.807, 2.05) is 0 Å². The zero-order chi connectivity index (χ0) is 14.0. The number of hydrogen-bond donors (Lipinski definition) is 3. The lowest BCUT2D eigenvalue weighted by Crippen LogP contribution is -2.35. The molecule has 0 amide bonds. The topological polar surface area (TPSA) is 95.3 Å². The van der Waals surface area contributed by atoms with Crippen molar-refractivity contribution in [3.8, 4) is 0 Å². The van der Waals surface area contributed by atoms with Gasteiger partial charge in [-0.2, -0.15) is 9.61 Å². The number of anilines is 1. The van der Waals surface area contributed by atoms with Crippen molar-refractivity contribution < 1.29 is 5.11 Å². The van der Waals surface area contributed by atoms with Crippen LogP contribution in [0.3, 0.4) is 0 Å². The molecule has 0 aromatic carbocycles. The summed E-state index contributed by atoms with van der Waals surface area (Å²) in [5, 5.41) is 22.7. The van der Waals surface area contributed by atoms with Gasteiger partial charge in [-0.25, -0.2) is 9.89 Å². The zero-order valence-electron chi connectivity index (χ0n) is 11.3. The summed E-state index contributed by atoms with van der Waals surface area (Å²) in [5.41, 5.74) is 0.0823. The molecule has 0 aliphatic carbocycles. The highest BCUT2D eigenvalue weighted by Gasteiger charge is 2.24. The highest BCUT2D eigenvalue weighted by atomic mass is 16.3. The van der Waals surface area contributed by atoms with Gasteiger partial charge in [-0.1, -0.05) is 20.8 Å². The molecule has 0 spiro atoms. The van der Waals surface area contributed by atoms with Crippen LogP contribution < -0.4 is 11.0 Å². The molecule has 2 heterocycles. The van der Waals surface area contributed by atoms with E-state index in [0.29, 0.717) is 17.9 Å². The van der Waals surface area contributed by atoms with Crippen LogP contribution in [0.2, 0.25) is 0 Å². The predicted octanol–water partition coefficient (Wildman–Crippen LogP) is 0.627. The lowest BCUT2D eigenvalue weighted by molar-refractivity contribution is 0.235. The lowest BCUT2D eigenvalue weighted by atomic mass is 9.85. The van der Waals surface area contributed by atoms with E-state index in [-0.39, 0.29) is 23.8 Å². The van der Waals surface area contributed by atoms with Gasteiger partial charge in [-0.3, -0.25) is 0 Å². The number of H-pyrrole nitrogens is 1. The maximum atomic E-state index is 11.5. The van der Waals surface area contributed by atoms with Gasteiger partial charge in [0.15, 0.2) is 5.65 Å². The van der Waals surface area contributed by atoms with E-state index >= 15 is 0 Å². The smallest absolute Gasteiger partial charge is 0.364 e. The number of hydrogen-bond acceptors (Lipinski definition) is 5. The molecule has 0 aliphatic rings. The Bertz CT molecular complexity index is 610. The molecule has 2 aromatic rings. The number of aromatic nitrogens is 4. The maximum Gasteiger partial charge on any atom is 0.364 e. The number of fused-ring (bicyclic) bond motifs is 1. The van der Waals surface area contributed by atoms with E-state index in [1.165, 1.54) is 4.52 Å². The molecular weight excluding hydrogens is 246 g/mol. The molecule has 104 valence electrons. The number of aromatic amines is 1. The molecule has 0 saturated carbocycles. The second-order valence-electron chi connectivity index (χ2n) is 5.59. The molecule has 0 radical (unpaired) electrons. The maximum absolute atomic E-state index is 11.5. The number of nitrogens with one attached hydrogen (secondary N) is 2. The van der Waals surface area contributed by atoms with Gasteiger partial charge in [-0.05, 0) is 24.0 Å². The standard InChI is InChI=1S/C12H19N5O2/c1-12(2,3)8(6-7-18)13-9-4-5-10-14-15-11(19)17(10)16-9/h4-5,8,18H,6-7H2,1-3H3,(H,13,16)(H,15,19). The zero-order valence-corrected chi connectivity index (χ0v) is 11.3. The number of aliphatic hydroxyl groups excluding tert-OH is 1. The number of nitrogens with zero attached hydrogens (tertiary/aromatic N) is 3. The Morgan fingerprint density at radius 1 is 1.47 bits per heavy atom. The van der Waals surface area contributed by atoms with Gasteiger partial charge in [0.25, 0.3) is 0 Å². The Morgan fingerprint density at radius 3 is 2.84 bits per heavy atom. The molecule has 0 aliphatic heterocycles.